The first-order chi connectivity index (χ1) is 11.5. The minimum atomic E-state index is -0.255. The zero-order valence-electron chi connectivity index (χ0n) is 13.7. The van der Waals surface area contributed by atoms with E-state index in [4.69, 9.17) is 23.8 Å². The normalized spacial score (nSPS) is 10.5. The van der Waals surface area contributed by atoms with Crippen molar-refractivity contribution >= 4 is 46.4 Å². The number of hydrogen-bond donors (Lipinski definition) is 2. The first-order valence-electron chi connectivity index (χ1n) is 7.60. The van der Waals surface area contributed by atoms with Crippen LogP contribution in [0.4, 0.5) is 10.1 Å². The van der Waals surface area contributed by atoms with Crippen molar-refractivity contribution in [3.63, 3.8) is 0 Å². The summed E-state index contributed by atoms with van der Waals surface area (Å²) in [5.74, 6) is 1.10. The molecule has 2 rings (SSSR count). The number of rotatable bonds is 6. The summed E-state index contributed by atoms with van der Waals surface area (Å²) in [6, 6.07) is 10.9. The maximum absolute atomic E-state index is 13.6. The van der Waals surface area contributed by atoms with Gasteiger partial charge >= 0.3 is 0 Å². The van der Waals surface area contributed by atoms with E-state index in [1.165, 1.54) is 17.2 Å². The molecular formula is C18H20ClFN2S2. The van der Waals surface area contributed by atoms with Gasteiger partial charge in [-0.3, -0.25) is 0 Å². The van der Waals surface area contributed by atoms with Gasteiger partial charge in [-0.05, 0) is 61.5 Å². The largest absolute Gasteiger partial charge is 0.362 e. The number of halogens is 2. The van der Waals surface area contributed by atoms with Gasteiger partial charge in [0.2, 0.25) is 0 Å². The van der Waals surface area contributed by atoms with Crippen LogP contribution in [0, 0.1) is 19.7 Å². The van der Waals surface area contributed by atoms with E-state index in [-0.39, 0.29) is 5.82 Å². The van der Waals surface area contributed by atoms with Crippen LogP contribution in [0.1, 0.15) is 16.7 Å². The maximum atomic E-state index is 13.6. The summed E-state index contributed by atoms with van der Waals surface area (Å²) < 4.78 is 13.6. The lowest BCUT2D eigenvalue weighted by Crippen LogP contribution is -2.30. The summed E-state index contributed by atoms with van der Waals surface area (Å²) in [7, 11) is 0. The standard InChI is InChI=1S/C18H20ClFN2S2/c1-12-6-7-14(10-13(12)2)22-18(23)21-8-9-24-11-15-16(19)4-3-5-17(15)20/h3-7,10H,8-9,11H2,1-2H3,(H2,21,22,23). The molecule has 0 aliphatic heterocycles. The highest BCUT2D eigenvalue weighted by Crippen LogP contribution is 2.23. The topological polar surface area (TPSA) is 24.1 Å². The van der Waals surface area contributed by atoms with Gasteiger partial charge in [-0.15, -0.1) is 0 Å². The fourth-order valence-electron chi connectivity index (χ4n) is 2.08. The van der Waals surface area contributed by atoms with Crippen LogP contribution in [0.2, 0.25) is 5.02 Å². The molecule has 0 amide bonds. The van der Waals surface area contributed by atoms with Gasteiger partial charge in [0.15, 0.2) is 5.11 Å². The fourth-order valence-corrected chi connectivity index (χ4v) is 3.49. The lowest BCUT2D eigenvalue weighted by Gasteiger charge is -2.12. The SMILES string of the molecule is Cc1ccc(NC(=S)NCCSCc2c(F)cccc2Cl)cc1C. The Balaban J connectivity index is 1.70. The van der Waals surface area contributed by atoms with E-state index < -0.39 is 0 Å². The van der Waals surface area contributed by atoms with Gasteiger partial charge in [-0.25, -0.2) is 4.39 Å². The molecule has 2 aromatic rings. The molecular weight excluding hydrogens is 363 g/mol. The van der Waals surface area contributed by atoms with Gasteiger partial charge in [0, 0.05) is 34.3 Å². The highest BCUT2D eigenvalue weighted by molar-refractivity contribution is 7.98. The molecule has 6 heteroatoms. The van der Waals surface area contributed by atoms with Gasteiger partial charge in [0.1, 0.15) is 5.82 Å². The van der Waals surface area contributed by atoms with E-state index in [1.807, 2.05) is 6.07 Å². The highest BCUT2D eigenvalue weighted by atomic mass is 35.5. The molecule has 0 spiro atoms. The second-order valence-corrected chi connectivity index (χ2v) is 7.35. The second kappa shape index (κ2) is 9.25. The molecule has 2 aromatic carbocycles. The molecule has 0 atom stereocenters. The first kappa shape index (κ1) is 19.0. The van der Waals surface area contributed by atoms with Crippen molar-refractivity contribution in [3.05, 3.63) is 63.9 Å². The van der Waals surface area contributed by atoms with Crippen LogP contribution >= 0.6 is 35.6 Å². The number of nitrogens with one attached hydrogen (secondary N) is 2. The molecule has 128 valence electrons. The van der Waals surface area contributed by atoms with Gasteiger partial charge in [-0.1, -0.05) is 23.7 Å². The maximum Gasteiger partial charge on any atom is 0.170 e. The Bertz CT molecular complexity index is 702. The Morgan fingerprint density at radius 2 is 2.00 bits per heavy atom. The van der Waals surface area contributed by atoms with Gasteiger partial charge in [0.25, 0.3) is 0 Å². The van der Waals surface area contributed by atoms with Gasteiger partial charge in [0.05, 0.1) is 0 Å². The summed E-state index contributed by atoms with van der Waals surface area (Å²) in [5.41, 5.74) is 4.00. The average Bonchev–Trinajstić information content (AvgIpc) is 2.53. The van der Waals surface area contributed by atoms with Crippen molar-refractivity contribution in [1.29, 1.82) is 0 Å². The smallest absolute Gasteiger partial charge is 0.170 e. The van der Waals surface area contributed by atoms with Crippen LogP contribution in [0.5, 0.6) is 0 Å². The third-order valence-corrected chi connectivity index (χ3v) is 5.19. The van der Waals surface area contributed by atoms with Crippen molar-refractivity contribution in [2.75, 3.05) is 17.6 Å². The van der Waals surface area contributed by atoms with Crippen molar-refractivity contribution in [1.82, 2.24) is 5.32 Å². The highest BCUT2D eigenvalue weighted by Gasteiger charge is 2.06. The number of hydrogen-bond acceptors (Lipinski definition) is 2. The average molecular weight is 383 g/mol. The summed E-state index contributed by atoms with van der Waals surface area (Å²) in [4.78, 5) is 0. The number of thiocarbonyl (C=S) groups is 1. The lowest BCUT2D eigenvalue weighted by molar-refractivity contribution is 0.617. The summed E-state index contributed by atoms with van der Waals surface area (Å²) in [6.07, 6.45) is 0. The number of anilines is 1. The predicted octanol–water partition coefficient (Wildman–Crippen LogP) is 5.32. The van der Waals surface area contributed by atoms with Crippen molar-refractivity contribution in [3.8, 4) is 0 Å². The third-order valence-electron chi connectivity index (χ3n) is 3.60. The summed E-state index contributed by atoms with van der Waals surface area (Å²) >= 11 is 12.9. The van der Waals surface area contributed by atoms with Crippen LogP contribution in [0.3, 0.4) is 0 Å². The first-order valence-corrected chi connectivity index (χ1v) is 9.54. The van der Waals surface area contributed by atoms with Gasteiger partial charge in [-0.2, -0.15) is 11.8 Å². The van der Waals surface area contributed by atoms with E-state index in [1.54, 1.807) is 23.9 Å². The third kappa shape index (κ3) is 5.65. The van der Waals surface area contributed by atoms with Crippen LogP contribution in [0.15, 0.2) is 36.4 Å². The molecule has 0 aliphatic rings. The number of aryl methyl sites for hydroxylation is 2. The van der Waals surface area contributed by atoms with Crippen LogP contribution in [-0.2, 0) is 5.75 Å². The zero-order chi connectivity index (χ0) is 17.5. The molecule has 0 aromatic heterocycles. The molecule has 2 N–H and O–H groups in total. The minimum absolute atomic E-state index is 0.255. The Hall–Kier alpha value is -1.30. The van der Waals surface area contributed by atoms with Crippen molar-refractivity contribution in [2.24, 2.45) is 0 Å². The number of benzene rings is 2. The monoisotopic (exact) mass is 382 g/mol. The quantitative estimate of drug-likeness (QED) is 0.521. The fraction of sp³-hybridized carbons (Fsp3) is 0.278. The molecule has 0 bridgehead atoms. The molecule has 2 nitrogen and oxygen atoms in total. The summed E-state index contributed by atoms with van der Waals surface area (Å²) in [6.45, 7) is 4.85. The second-order valence-electron chi connectivity index (χ2n) is 5.43. The molecule has 0 fully saturated rings. The lowest BCUT2D eigenvalue weighted by atomic mass is 10.1. The van der Waals surface area contributed by atoms with E-state index in [0.29, 0.717) is 28.0 Å². The Labute approximate surface area is 157 Å². The predicted molar refractivity (Wildman–Crippen MR) is 108 cm³/mol. The van der Waals surface area contributed by atoms with Gasteiger partial charge < -0.3 is 10.6 Å². The van der Waals surface area contributed by atoms with Crippen LogP contribution < -0.4 is 10.6 Å². The Kier molecular flexibility index (Phi) is 7.34. The van der Waals surface area contributed by atoms with Crippen molar-refractivity contribution < 1.29 is 4.39 Å². The molecule has 0 aliphatic carbocycles. The van der Waals surface area contributed by atoms with E-state index >= 15 is 0 Å². The molecule has 0 heterocycles. The van der Waals surface area contributed by atoms with E-state index in [2.05, 4.69) is 36.6 Å². The van der Waals surface area contributed by atoms with E-state index in [0.717, 1.165) is 11.4 Å². The Morgan fingerprint density at radius 1 is 1.21 bits per heavy atom. The van der Waals surface area contributed by atoms with Crippen LogP contribution in [0.25, 0.3) is 0 Å². The Morgan fingerprint density at radius 3 is 2.71 bits per heavy atom. The van der Waals surface area contributed by atoms with Crippen LogP contribution in [-0.4, -0.2) is 17.4 Å². The zero-order valence-corrected chi connectivity index (χ0v) is 16.0. The molecule has 24 heavy (non-hydrogen) atoms. The summed E-state index contributed by atoms with van der Waals surface area (Å²) in [5, 5.41) is 7.38. The van der Waals surface area contributed by atoms with Crippen molar-refractivity contribution in [2.45, 2.75) is 19.6 Å². The molecule has 0 saturated carbocycles. The van der Waals surface area contributed by atoms with E-state index in [9.17, 15) is 4.39 Å². The number of thioether (sulfide) groups is 1. The molecule has 0 unspecified atom stereocenters. The molecule has 0 radical (unpaired) electrons. The molecule has 0 saturated heterocycles. The minimum Gasteiger partial charge on any atom is -0.362 e.